The number of rotatable bonds is 3. The number of carbonyl (C=O) groups is 1. The van der Waals surface area contributed by atoms with Crippen molar-refractivity contribution in [2.24, 2.45) is 0 Å². The lowest BCUT2D eigenvalue weighted by Gasteiger charge is -2.16. The van der Waals surface area contributed by atoms with Crippen LogP contribution in [0.4, 0.5) is 5.69 Å². The first kappa shape index (κ1) is 17.5. The van der Waals surface area contributed by atoms with Gasteiger partial charge in [0.05, 0.1) is 5.69 Å². The van der Waals surface area contributed by atoms with E-state index in [-0.39, 0.29) is 5.91 Å². The van der Waals surface area contributed by atoms with Crippen molar-refractivity contribution >= 4 is 46.6 Å². The summed E-state index contributed by atoms with van der Waals surface area (Å²) < 4.78 is 5.88. The Morgan fingerprint density at radius 1 is 1.00 bits per heavy atom. The average Bonchev–Trinajstić information content (AvgIpc) is 3.22. The molecule has 2 aromatic carbocycles. The predicted octanol–water partition coefficient (Wildman–Crippen LogP) is 5.20. The highest BCUT2D eigenvalue weighted by Crippen LogP contribution is 2.29. The van der Waals surface area contributed by atoms with E-state index in [9.17, 15) is 4.79 Å². The zero-order chi connectivity index (χ0) is 19.0. The minimum absolute atomic E-state index is 0.182. The van der Waals surface area contributed by atoms with Crippen LogP contribution in [0.1, 0.15) is 5.76 Å². The largest absolute Gasteiger partial charge is 0.457 e. The Hall–Kier alpha value is -2.89. The van der Waals surface area contributed by atoms with E-state index < -0.39 is 0 Å². The summed E-state index contributed by atoms with van der Waals surface area (Å²) in [5.74, 6) is 1.10. The molecule has 4 nitrogen and oxygen atoms in total. The van der Waals surface area contributed by atoms with E-state index in [0.717, 1.165) is 11.3 Å². The molecule has 0 bridgehead atoms. The molecule has 4 rings (SSSR count). The molecule has 1 aliphatic heterocycles. The van der Waals surface area contributed by atoms with Crippen LogP contribution in [0.25, 0.3) is 17.4 Å². The van der Waals surface area contributed by atoms with Crippen LogP contribution in [-0.4, -0.2) is 23.0 Å². The summed E-state index contributed by atoms with van der Waals surface area (Å²) >= 11 is 11.4. The van der Waals surface area contributed by atoms with Crippen LogP contribution in [0.3, 0.4) is 0 Å². The number of likely N-dealkylation sites (N-methyl/N-ethyl adjacent to an activating group) is 1. The Labute approximate surface area is 167 Å². The van der Waals surface area contributed by atoms with E-state index in [1.807, 2.05) is 66.7 Å². The average molecular weight is 395 g/mol. The third-order valence-corrected chi connectivity index (χ3v) is 5.02. The van der Waals surface area contributed by atoms with E-state index in [0.29, 0.717) is 27.4 Å². The fourth-order valence-electron chi connectivity index (χ4n) is 2.90. The number of anilines is 1. The van der Waals surface area contributed by atoms with Crippen molar-refractivity contribution in [3.05, 3.63) is 83.2 Å². The van der Waals surface area contributed by atoms with Crippen LogP contribution >= 0.6 is 23.8 Å². The van der Waals surface area contributed by atoms with Gasteiger partial charge in [0.25, 0.3) is 5.91 Å². The topological polar surface area (TPSA) is 36.7 Å². The molecule has 2 heterocycles. The fraction of sp³-hybridized carbons (Fsp3) is 0.0476. The summed E-state index contributed by atoms with van der Waals surface area (Å²) in [7, 11) is 1.78. The van der Waals surface area contributed by atoms with Gasteiger partial charge in [-0.05, 0) is 60.7 Å². The van der Waals surface area contributed by atoms with Crippen LogP contribution in [-0.2, 0) is 4.79 Å². The maximum atomic E-state index is 12.9. The van der Waals surface area contributed by atoms with Gasteiger partial charge in [-0.2, -0.15) is 0 Å². The molecule has 1 amide bonds. The number of thiocarbonyl (C=S) groups is 1. The molecule has 0 N–H and O–H groups in total. The second-order valence-corrected chi connectivity index (χ2v) is 6.86. The van der Waals surface area contributed by atoms with Crippen LogP contribution in [0.5, 0.6) is 0 Å². The number of hydrogen-bond acceptors (Lipinski definition) is 3. The number of hydrogen-bond donors (Lipinski definition) is 0. The first-order valence-corrected chi connectivity index (χ1v) is 9.08. The number of para-hydroxylation sites is 1. The first-order chi connectivity index (χ1) is 13.0. The fourth-order valence-corrected chi connectivity index (χ4v) is 3.31. The van der Waals surface area contributed by atoms with Gasteiger partial charge in [-0.3, -0.25) is 9.69 Å². The Bertz CT molecular complexity index is 1040. The predicted molar refractivity (Wildman–Crippen MR) is 111 cm³/mol. The summed E-state index contributed by atoms with van der Waals surface area (Å²) in [5, 5.41) is 1.10. The molecule has 0 aliphatic carbocycles. The Morgan fingerprint density at radius 2 is 1.70 bits per heavy atom. The third kappa shape index (κ3) is 3.27. The Morgan fingerprint density at radius 3 is 2.41 bits per heavy atom. The molecule has 1 fully saturated rings. The van der Waals surface area contributed by atoms with E-state index in [4.69, 9.17) is 28.2 Å². The third-order valence-electron chi connectivity index (χ3n) is 4.31. The van der Waals surface area contributed by atoms with Crippen molar-refractivity contribution in [1.82, 2.24) is 4.90 Å². The zero-order valence-corrected chi connectivity index (χ0v) is 16.0. The first-order valence-electron chi connectivity index (χ1n) is 8.29. The molecule has 27 heavy (non-hydrogen) atoms. The van der Waals surface area contributed by atoms with Crippen molar-refractivity contribution in [3.8, 4) is 11.3 Å². The number of benzene rings is 2. The lowest BCUT2D eigenvalue weighted by atomic mass is 10.2. The van der Waals surface area contributed by atoms with Crippen LogP contribution in [0.2, 0.25) is 5.02 Å². The molecular weight excluding hydrogens is 380 g/mol. The number of halogens is 1. The lowest BCUT2D eigenvalue weighted by Crippen LogP contribution is -2.30. The summed E-state index contributed by atoms with van der Waals surface area (Å²) in [6.45, 7) is 0. The van der Waals surface area contributed by atoms with Crippen molar-refractivity contribution in [1.29, 1.82) is 0 Å². The van der Waals surface area contributed by atoms with E-state index in [1.165, 1.54) is 4.90 Å². The van der Waals surface area contributed by atoms with Gasteiger partial charge in [0.2, 0.25) is 0 Å². The maximum Gasteiger partial charge on any atom is 0.281 e. The molecule has 1 aliphatic rings. The highest BCUT2D eigenvalue weighted by molar-refractivity contribution is 7.80. The van der Waals surface area contributed by atoms with Crippen LogP contribution < -0.4 is 4.90 Å². The van der Waals surface area contributed by atoms with E-state index >= 15 is 0 Å². The Balaban J connectivity index is 1.65. The minimum atomic E-state index is -0.182. The number of furan rings is 1. The molecular formula is C21H15ClN2O2S. The van der Waals surface area contributed by atoms with Crippen molar-refractivity contribution in [3.63, 3.8) is 0 Å². The second kappa shape index (κ2) is 7.02. The summed E-state index contributed by atoms with van der Waals surface area (Å²) in [5.41, 5.74) is 2.11. The molecule has 1 aromatic heterocycles. The lowest BCUT2D eigenvalue weighted by molar-refractivity contribution is -0.114. The maximum absolute atomic E-state index is 12.9. The molecule has 1 saturated heterocycles. The normalized spacial score (nSPS) is 15.9. The highest BCUT2D eigenvalue weighted by Gasteiger charge is 2.36. The van der Waals surface area contributed by atoms with Gasteiger partial charge in [0, 0.05) is 23.7 Å². The molecule has 0 unspecified atom stereocenters. The van der Waals surface area contributed by atoms with Crippen molar-refractivity contribution < 1.29 is 9.21 Å². The molecule has 0 atom stereocenters. The van der Waals surface area contributed by atoms with Crippen molar-refractivity contribution in [2.45, 2.75) is 0 Å². The molecule has 0 spiro atoms. The van der Waals surface area contributed by atoms with Gasteiger partial charge < -0.3 is 9.32 Å². The molecule has 3 aromatic rings. The Kier molecular flexibility index (Phi) is 4.56. The number of amides is 1. The number of nitrogens with zero attached hydrogens (tertiary/aromatic N) is 2. The SMILES string of the molecule is CN1C(=S)N(c2ccccc2)C(=O)/C1=C/c1ccc(-c2ccc(Cl)cc2)o1. The monoisotopic (exact) mass is 394 g/mol. The molecule has 0 saturated carbocycles. The molecule has 134 valence electrons. The van der Waals surface area contributed by atoms with Crippen LogP contribution in [0, 0.1) is 0 Å². The van der Waals surface area contributed by atoms with Gasteiger partial charge in [-0.1, -0.05) is 29.8 Å². The molecule has 6 heteroatoms. The van der Waals surface area contributed by atoms with Gasteiger partial charge in [0.15, 0.2) is 5.11 Å². The molecule has 0 radical (unpaired) electrons. The summed E-state index contributed by atoms with van der Waals surface area (Å²) in [6, 6.07) is 20.4. The van der Waals surface area contributed by atoms with Gasteiger partial charge in [-0.25, -0.2) is 0 Å². The van der Waals surface area contributed by atoms with Gasteiger partial charge in [0.1, 0.15) is 17.2 Å². The standard InChI is InChI=1S/C21H15ClN2O2S/c1-23-18(20(25)24(21(23)27)16-5-3-2-4-6-16)13-17-11-12-19(26-17)14-7-9-15(22)10-8-14/h2-13H,1H3/b18-13-. The quantitative estimate of drug-likeness (QED) is 0.451. The highest BCUT2D eigenvalue weighted by atomic mass is 35.5. The zero-order valence-electron chi connectivity index (χ0n) is 14.4. The van der Waals surface area contributed by atoms with Crippen LogP contribution in [0.15, 0.2) is 76.8 Å². The van der Waals surface area contributed by atoms with E-state index in [2.05, 4.69) is 0 Å². The van der Waals surface area contributed by atoms with E-state index in [1.54, 1.807) is 18.0 Å². The number of carbonyl (C=O) groups excluding carboxylic acids is 1. The second-order valence-electron chi connectivity index (χ2n) is 6.06. The minimum Gasteiger partial charge on any atom is -0.457 e. The van der Waals surface area contributed by atoms with Gasteiger partial charge >= 0.3 is 0 Å². The smallest absolute Gasteiger partial charge is 0.281 e. The summed E-state index contributed by atoms with van der Waals surface area (Å²) in [6.07, 6.45) is 1.71. The summed E-state index contributed by atoms with van der Waals surface area (Å²) in [4.78, 5) is 16.1. The van der Waals surface area contributed by atoms with Gasteiger partial charge in [-0.15, -0.1) is 0 Å². The van der Waals surface area contributed by atoms with Crippen molar-refractivity contribution in [2.75, 3.05) is 11.9 Å².